The van der Waals surface area contributed by atoms with Gasteiger partial charge in [-0.1, -0.05) is 0 Å². The Bertz CT molecular complexity index is 362. The monoisotopic (exact) mass is 207 g/mol. The van der Waals surface area contributed by atoms with Gasteiger partial charge in [-0.25, -0.2) is 4.79 Å². The molecule has 0 aliphatic carbocycles. The summed E-state index contributed by atoms with van der Waals surface area (Å²) in [5.41, 5.74) is 0. The van der Waals surface area contributed by atoms with Crippen molar-refractivity contribution in [3.05, 3.63) is 23.7 Å². The second kappa shape index (κ2) is 5.89. The van der Waals surface area contributed by atoms with Gasteiger partial charge in [-0.2, -0.15) is 0 Å². The molecule has 1 heterocycles. The van der Waals surface area contributed by atoms with Crippen molar-refractivity contribution in [1.29, 1.82) is 0 Å². The van der Waals surface area contributed by atoms with Crippen LogP contribution < -0.4 is 5.32 Å². The molecule has 0 bridgehead atoms. The lowest BCUT2D eigenvalue weighted by Gasteiger charge is -1.99. The first-order valence-electron chi connectivity index (χ1n) is 4.70. The molecule has 0 aliphatic heterocycles. The summed E-state index contributed by atoms with van der Waals surface area (Å²) in [7, 11) is 0. The normalized spacial score (nSPS) is 9.80. The Balaban J connectivity index is 2.26. The van der Waals surface area contributed by atoms with Crippen molar-refractivity contribution in [2.75, 3.05) is 6.54 Å². The van der Waals surface area contributed by atoms with E-state index in [0.29, 0.717) is 12.3 Å². The molecule has 0 saturated carbocycles. The highest BCUT2D eigenvalue weighted by atomic mass is 16.4. The topological polar surface area (TPSA) is 62.5 Å². The van der Waals surface area contributed by atoms with Gasteiger partial charge in [0, 0.05) is 6.42 Å². The highest BCUT2D eigenvalue weighted by molar-refractivity contribution is 5.84. The molecule has 1 rings (SSSR count). The minimum absolute atomic E-state index is 0.0320. The van der Waals surface area contributed by atoms with E-state index in [4.69, 9.17) is 15.9 Å². The van der Waals surface area contributed by atoms with Crippen molar-refractivity contribution >= 4 is 5.97 Å². The Morgan fingerprint density at radius 1 is 1.60 bits per heavy atom. The molecule has 0 aliphatic rings. The first kappa shape index (κ1) is 11.3. The van der Waals surface area contributed by atoms with E-state index < -0.39 is 5.97 Å². The minimum atomic E-state index is -1.05. The fourth-order valence-corrected chi connectivity index (χ4v) is 1.11. The van der Waals surface area contributed by atoms with Crippen molar-refractivity contribution in [2.24, 2.45) is 0 Å². The Morgan fingerprint density at radius 2 is 2.40 bits per heavy atom. The Kier molecular flexibility index (Phi) is 4.45. The molecule has 0 fully saturated rings. The first-order chi connectivity index (χ1) is 7.24. The molecule has 1 aromatic heterocycles. The summed E-state index contributed by atoms with van der Waals surface area (Å²) in [6.45, 7) is 1.32. The molecule has 4 nitrogen and oxygen atoms in total. The van der Waals surface area contributed by atoms with Gasteiger partial charge in [0.1, 0.15) is 5.76 Å². The third kappa shape index (κ3) is 3.88. The molecule has 4 heteroatoms. The van der Waals surface area contributed by atoms with Gasteiger partial charge in [0.15, 0.2) is 0 Å². The van der Waals surface area contributed by atoms with Gasteiger partial charge in [0.05, 0.1) is 6.54 Å². The third-order valence-electron chi connectivity index (χ3n) is 1.85. The zero-order valence-corrected chi connectivity index (χ0v) is 8.32. The molecule has 80 valence electrons. The zero-order chi connectivity index (χ0) is 11.1. The summed E-state index contributed by atoms with van der Waals surface area (Å²) in [5.74, 6) is 2.08. The van der Waals surface area contributed by atoms with Crippen LogP contribution in [-0.2, 0) is 6.54 Å². The molecule has 0 atom stereocenters. The molecule has 0 radical (unpaired) electrons. The number of hydrogen-bond acceptors (Lipinski definition) is 3. The number of hydrogen-bond donors (Lipinski definition) is 2. The molecule has 0 unspecified atom stereocenters. The fourth-order valence-electron chi connectivity index (χ4n) is 1.11. The maximum atomic E-state index is 10.5. The highest BCUT2D eigenvalue weighted by Gasteiger charge is 2.07. The van der Waals surface area contributed by atoms with Crippen molar-refractivity contribution < 1.29 is 14.3 Å². The van der Waals surface area contributed by atoms with E-state index >= 15 is 0 Å². The molecular formula is C11H13NO3. The predicted octanol–water partition coefficient (Wildman–Crippen LogP) is 1.48. The van der Waals surface area contributed by atoms with Gasteiger partial charge in [-0.3, -0.25) is 0 Å². The summed E-state index contributed by atoms with van der Waals surface area (Å²) in [5, 5.41) is 11.7. The van der Waals surface area contributed by atoms with Gasteiger partial charge in [-0.05, 0) is 25.1 Å². The van der Waals surface area contributed by atoms with Crippen molar-refractivity contribution in [3.63, 3.8) is 0 Å². The van der Waals surface area contributed by atoms with Crippen LogP contribution in [0.15, 0.2) is 16.5 Å². The third-order valence-corrected chi connectivity index (χ3v) is 1.85. The molecule has 15 heavy (non-hydrogen) atoms. The van der Waals surface area contributed by atoms with Crippen molar-refractivity contribution in [2.45, 2.75) is 19.4 Å². The Morgan fingerprint density at radius 3 is 3.00 bits per heavy atom. The fraction of sp³-hybridized carbons (Fsp3) is 0.364. The Labute approximate surface area is 88.3 Å². The second-order valence-corrected chi connectivity index (χ2v) is 3.06. The van der Waals surface area contributed by atoms with Crippen LogP contribution in [0.3, 0.4) is 0 Å². The highest BCUT2D eigenvalue weighted by Crippen LogP contribution is 2.07. The van der Waals surface area contributed by atoms with Crippen molar-refractivity contribution in [1.82, 2.24) is 5.32 Å². The molecule has 0 amide bonds. The van der Waals surface area contributed by atoms with E-state index in [1.54, 1.807) is 6.07 Å². The second-order valence-electron chi connectivity index (χ2n) is 3.06. The van der Waals surface area contributed by atoms with E-state index in [1.807, 2.05) is 0 Å². The largest absolute Gasteiger partial charge is 0.475 e. The number of nitrogens with one attached hydrogen (secondary N) is 1. The number of carboxylic acid groups (broad SMARTS) is 1. The number of furan rings is 1. The van der Waals surface area contributed by atoms with E-state index in [-0.39, 0.29) is 5.76 Å². The summed E-state index contributed by atoms with van der Waals surface area (Å²) in [4.78, 5) is 10.5. The SMILES string of the molecule is C#CCCCNCc1ccc(C(=O)O)o1. The van der Waals surface area contributed by atoms with Crippen LogP contribution in [-0.4, -0.2) is 17.6 Å². The number of carboxylic acids is 1. The van der Waals surface area contributed by atoms with E-state index in [1.165, 1.54) is 6.07 Å². The first-order valence-corrected chi connectivity index (χ1v) is 4.70. The van der Waals surface area contributed by atoms with Crippen LogP contribution >= 0.6 is 0 Å². The van der Waals surface area contributed by atoms with Gasteiger partial charge < -0.3 is 14.8 Å². The molecule has 0 aromatic carbocycles. The standard InChI is InChI=1S/C11H13NO3/c1-2-3-4-7-12-8-9-5-6-10(15-9)11(13)14/h1,5-6,12H,3-4,7-8H2,(H,13,14). The molecule has 2 N–H and O–H groups in total. The predicted molar refractivity (Wildman–Crippen MR) is 55.4 cm³/mol. The Hall–Kier alpha value is -1.73. The number of carbonyl (C=O) groups is 1. The average molecular weight is 207 g/mol. The number of terminal acetylenes is 1. The quantitative estimate of drug-likeness (QED) is 0.548. The van der Waals surface area contributed by atoms with Gasteiger partial charge in [0.2, 0.25) is 5.76 Å². The van der Waals surface area contributed by atoms with Crippen LogP contribution in [0.4, 0.5) is 0 Å². The molecule has 1 aromatic rings. The molecule has 0 saturated heterocycles. The van der Waals surface area contributed by atoms with Crippen LogP contribution in [0.25, 0.3) is 0 Å². The lowest BCUT2D eigenvalue weighted by molar-refractivity contribution is 0.0660. The number of unbranched alkanes of at least 4 members (excludes halogenated alkanes) is 1. The maximum Gasteiger partial charge on any atom is 0.371 e. The van der Waals surface area contributed by atoms with E-state index in [9.17, 15) is 4.79 Å². The van der Waals surface area contributed by atoms with Crippen LogP contribution in [0.5, 0.6) is 0 Å². The van der Waals surface area contributed by atoms with E-state index in [2.05, 4.69) is 11.2 Å². The molecule has 0 spiro atoms. The lowest BCUT2D eigenvalue weighted by atomic mass is 10.3. The zero-order valence-electron chi connectivity index (χ0n) is 8.32. The van der Waals surface area contributed by atoms with Gasteiger partial charge in [0.25, 0.3) is 0 Å². The average Bonchev–Trinajstić information content (AvgIpc) is 2.66. The van der Waals surface area contributed by atoms with Crippen molar-refractivity contribution in [3.8, 4) is 12.3 Å². The van der Waals surface area contributed by atoms with Crippen LogP contribution in [0, 0.1) is 12.3 Å². The smallest absolute Gasteiger partial charge is 0.371 e. The number of aromatic carboxylic acids is 1. The summed E-state index contributed by atoms with van der Waals surface area (Å²) in [6.07, 6.45) is 6.74. The van der Waals surface area contributed by atoms with Gasteiger partial charge in [-0.15, -0.1) is 12.3 Å². The minimum Gasteiger partial charge on any atom is -0.475 e. The van der Waals surface area contributed by atoms with E-state index in [0.717, 1.165) is 19.4 Å². The molecular weight excluding hydrogens is 194 g/mol. The summed E-state index contributed by atoms with van der Waals surface area (Å²) < 4.78 is 5.05. The van der Waals surface area contributed by atoms with Crippen LogP contribution in [0.2, 0.25) is 0 Å². The van der Waals surface area contributed by atoms with Gasteiger partial charge >= 0.3 is 5.97 Å². The summed E-state index contributed by atoms with van der Waals surface area (Å²) >= 11 is 0. The maximum absolute atomic E-state index is 10.5. The number of rotatable bonds is 6. The van der Waals surface area contributed by atoms with Crippen LogP contribution in [0.1, 0.15) is 29.2 Å². The summed E-state index contributed by atoms with van der Waals surface area (Å²) in [6, 6.07) is 3.10. The lowest BCUT2D eigenvalue weighted by Crippen LogP contribution is -2.13.